The Bertz CT molecular complexity index is 2080. The molecule has 0 aromatic heterocycles. The average Bonchev–Trinajstić information content (AvgIpc) is 3.65. The van der Waals surface area contributed by atoms with E-state index in [2.05, 4.69) is 0 Å². The molecule has 0 N–H and O–H groups in total. The average molecular weight is 720 g/mol. The van der Waals surface area contributed by atoms with Crippen LogP contribution in [0.4, 0.5) is 0 Å². The molecule has 30 aliphatic rings. The fourth-order valence-electron chi connectivity index (χ4n) is 47.5. The Hall–Kier alpha value is 2.52. The van der Waals surface area contributed by atoms with Crippen molar-refractivity contribution < 1.29 is 19.5 Å². The van der Waals surface area contributed by atoms with E-state index >= 15 is 0 Å². The molecular formula is C30H32Br2Fe3. The zero-order valence-electron chi connectivity index (χ0n) is 19.2. The molecule has 190 valence electrons. The molecule has 30 fully saturated rings. The second-order valence-corrected chi connectivity index (χ2v) is 101. The molecule has 30 heterocycles. The van der Waals surface area contributed by atoms with Gasteiger partial charge in [-0.1, -0.05) is 0 Å². The Morgan fingerprint density at radius 3 is 0.200 bits per heavy atom. The summed E-state index contributed by atoms with van der Waals surface area (Å²) in [4.78, 5) is 47.8. The molecule has 35 heavy (non-hydrogen) atoms. The molecule has 3 spiro atoms. The van der Waals surface area contributed by atoms with E-state index in [1.807, 2.05) is 0 Å². The van der Waals surface area contributed by atoms with Gasteiger partial charge in [-0.25, -0.2) is 0 Å². The van der Waals surface area contributed by atoms with Crippen LogP contribution < -0.4 is 0 Å². The van der Waals surface area contributed by atoms with Crippen LogP contribution in [0.15, 0.2) is 0 Å². The predicted octanol–water partition coefficient (Wildman–Crippen LogP) is 11.3. The van der Waals surface area contributed by atoms with E-state index in [1.165, 1.54) is 0 Å². The van der Waals surface area contributed by atoms with Gasteiger partial charge in [-0.3, -0.25) is 0 Å². The van der Waals surface area contributed by atoms with Crippen LogP contribution in [-0.4, -0.2) is 0 Å². The molecule has 0 aliphatic carbocycles. The number of hydrogen-bond donors (Lipinski definition) is 0. The predicted molar refractivity (Wildman–Crippen MR) is 133 cm³/mol. The summed E-state index contributed by atoms with van der Waals surface area (Å²) in [7, 11) is 0. The molecule has 0 unspecified atom stereocenters. The van der Waals surface area contributed by atoms with Gasteiger partial charge in [-0.15, -0.1) is 34.0 Å². The third kappa shape index (κ3) is 0.120. The molecule has 30 saturated heterocycles. The van der Waals surface area contributed by atoms with Crippen LogP contribution in [0.5, 0.6) is 0 Å². The van der Waals surface area contributed by atoms with E-state index in [0.717, 1.165) is 0 Å². The van der Waals surface area contributed by atoms with E-state index in [-0.39, 0.29) is 34.0 Å². The summed E-state index contributed by atoms with van der Waals surface area (Å²) in [6, 6.07) is 0. The maximum atomic E-state index is 1.59. The Morgan fingerprint density at radius 2 is 0.200 bits per heavy atom. The molecular weight excluding hydrogens is 688 g/mol. The summed E-state index contributed by atoms with van der Waals surface area (Å²) < 4.78 is 0. The zero-order valence-corrected chi connectivity index (χ0v) is 25.9. The van der Waals surface area contributed by atoms with Crippen molar-refractivity contribution in [3.63, 3.8) is 0 Å². The summed E-state index contributed by atoms with van der Waals surface area (Å²) in [5.74, 6) is 0. The summed E-state index contributed by atoms with van der Waals surface area (Å²) in [6.45, 7) is -6.85. The molecule has 0 atom stereocenters. The van der Waals surface area contributed by atoms with Gasteiger partial charge in [0, 0.05) is 0 Å². The first-order chi connectivity index (χ1) is 15.5. The second kappa shape index (κ2) is 0.890. The minimum atomic E-state index is -2.28. The topological polar surface area (TPSA) is 0 Å². The van der Waals surface area contributed by atoms with Crippen LogP contribution in [0.25, 0.3) is 0 Å². The van der Waals surface area contributed by atoms with Crippen molar-refractivity contribution >= 4 is 34.0 Å². The molecule has 0 nitrogen and oxygen atoms in total. The fraction of sp³-hybridized carbons (Fsp3) is 1.00. The van der Waals surface area contributed by atoms with Crippen molar-refractivity contribution in [2.24, 2.45) is 0 Å². The summed E-state index contributed by atoms with van der Waals surface area (Å²) in [6.07, 6.45) is 0. The Morgan fingerprint density at radius 1 is 0.143 bits per heavy atom. The second-order valence-electron chi connectivity index (χ2n) is 28.8. The summed E-state index contributed by atoms with van der Waals surface area (Å²) in [5.41, 5.74) is 0. The Kier molecular flexibility index (Phi) is 0.326. The molecule has 0 aromatic carbocycles. The fourth-order valence-corrected chi connectivity index (χ4v) is 264. The summed E-state index contributed by atoms with van der Waals surface area (Å²) in [5, 5.41) is 0. The first kappa shape index (κ1) is 12.8. The first-order valence-corrected chi connectivity index (χ1v) is 35.2. The molecule has 5 heteroatoms. The molecule has 0 radical (unpaired) electrons. The first-order valence-electron chi connectivity index (χ1n) is 16.1. The third-order valence-electron chi connectivity index (χ3n) is 43.6. The van der Waals surface area contributed by atoms with Crippen LogP contribution in [0.3, 0.4) is 0 Å². The van der Waals surface area contributed by atoms with Crippen molar-refractivity contribution in [1.82, 2.24) is 0 Å². The number of fused-ring (bicyclic) bond motifs is 30. The van der Waals surface area contributed by atoms with Crippen molar-refractivity contribution in [3.05, 3.63) is 0 Å². The number of hydrogen-bond acceptors (Lipinski definition) is 0. The van der Waals surface area contributed by atoms with Crippen molar-refractivity contribution in [1.29, 1.82) is 0 Å². The van der Waals surface area contributed by atoms with Crippen LogP contribution in [0, 0.1) is 0 Å². The van der Waals surface area contributed by atoms with E-state index in [1.54, 1.807) is 144 Å². The molecule has 0 amide bonds. The standard InChI is InChI=1S/6C5H5.2BrH.3Fe/c6*1-2-4-5-3-1;;;;;/h6*1-5H;2*1H;;;. The Labute approximate surface area is 195 Å². The molecule has 0 bridgehead atoms. The van der Waals surface area contributed by atoms with Gasteiger partial charge in [0.1, 0.15) is 0 Å². The SMILES string of the molecule is Br.Br.[CH]12[CH]3[CH]4[CH]5[CH]1[Fe]23451678[CH]2[CH]1[CH]6[CH]7[CH]28.[CH]12[CH]3[CH]4[CH]5[CH]1[Fe]23451678[CH]2[CH]1[CH]6[CH]7[CH]28.[CH]12[CH]3[CH]4[CH]5[CH]1[Fe]23451678[CH]2[CH]1[CH]6[CH]7[CH]28. The Balaban J connectivity index is 0.0000000556. The quantitative estimate of drug-likeness (QED) is 0.219. The van der Waals surface area contributed by atoms with Gasteiger partial charge in [0.2, 0.25) is 0 Å². The van der Waals surface area contributed by atoms with E-state index in [0.29, 0.717) is 0 Å². The zero-order chi connectivity index (χ0) is 18.3. The minimum absolute atomic E-state index is 0. The van der Waals surface area contributed by atoms with Crippen LogP contribution in [0.1, 0.15) is 0 Å². The van der Waals surface area contributed by atoms with Gasteiger partial charge in [-0.05, 0) is 0 Å². The van der Waals surface area contributed by atoms with Gasteiger partial charge in [0.15, 0.2) is 0 Å². The molecule has 0 saturated carbocycles. The van der Waals surface area contributed by atoms with E-state index in [4.69, 9.17) is 0 Å². The maximum absolute atomic E-state index is 2.28. The van der Waals surface area contributed by atoms with Gasteiger partial charge in [-0.2, -0.15) is 0 Å². The normalized spacial score (nSPS) is 161. The third-order valence-corrected chi connectivity index (χ3v) is 169. The van der Waals surface area contributed by atoms with Crippen LogP contribution >= 0.6 is 34.0 Å². The van der Waals surface area contributed by atoms with Crippen molar-refractivity contribution in [2.75, 3.05) is 0 Å². The van der Waals surface area contributed by atoms with Gasteiger partial charge >= 0.3 is 164 Å². The van der Waals surface area contributed by atoms with Gasteiger partial charge < -0.3 is 0 Å². The molecule has 30 rings (SSSR count). The van der Waals surface area contributed by atoms with Crippen LogP contribution in [0.2, 0.25) is 144 Å². The van der Waals surface area contributed by atoms with Crippen LogP contribution in [-0.2, 0) is 19.5 Å². The number of halogens is 2. The summed E-state index contributed by atoms with van der Waals surface area (Å²) >= 11 is 0. The monoisotopic (exact) mass is 718 g/mol. The van der Waals surface area contributed by atoms with Gasteiger partial charge in [0.25, 0.3) is 0 Å². The molecule has 0 aromatic rings. The van der Waals surface area contributed by atoms with Crippen molar-refractivity contribution in [2.45, 2.75) is 144 Å². The number of rotatable bonds is 0. The van der Waals surface area contributed by atoms with Crippen molar-refractivity contribution in [3.8, 4) is 0 Å². The molecule has 30 aliphatic heterocycles. The van der Waals surface area contributed by atoms with Gasteiger partial charge in [0.05, 0.1) is 0 Å². The van der Waals surface area contributed by atoms with E-state index < -0.39 is 19.5 Å². The van der Waals surface area contributed by atoms with E-state index in [9.17, 15) is 0 Å².